The molecule has 0 radical (unpaired) electrons. The molecule has 1 amide bonds. The normalized spacial score (nSPS) is 12.2. The first kappa shape index (κ1) is 12.9. The molecule has 1 unspecified atom stereocenters. The van der Waals surface area contributed by atoms with Crippen molar-refractivity contribution < 1.29 is 9.53 Å². The summed E-state index contributed by atoms with van der Waals surface area (Å²) in [6.45, 7) is 1.91. The highest BCUT2D eigenvalue weighted by Crippen LogP contribution is 2.14. The summed E-state index contributed by atoms with van der Waals surface area (Å²) in [7, 11) is 1.61. The first-order chi connectivity index (χ1) is 7.63. The monoisotopic (exact) mass is 243 g/mol. The molecule has 0 saturated carbocycles. The summed E-state index contributed by atoms with van der Waals surface area (Å²) in [5.41, 5.74) is 0. The number of hydrogen-bond acceptors (Lipinski definition) is 4. The van der Waals surface area contributed by atoms with E-state index in [2.05, 4.69) is 15.3 Å². The minimum absolute atomic E-state index is 0.0584. The van der Waals surface area contributed by atoms with E-state index in [1.165, 1.54) is 12.4 Å². The number of rotatable bonds is 5. The molecular formula is C10H14ClN3O2. The van der Waals surface area contributed by atoms with Gasteiger partial charge in [0.25, 0.3) is 0 Å². The van der Waals surface area contributed by atoms with Gasteiger partial charge < -0.3 is 10.1 Å². The minimum Gasteiger partial charge on any atom is -0.382 e. The van der Waals surface area contributed by atoms with Crippen LogP contribution in [-0.2, 0) is 9.53 Å². The predicted octanol–water partition coefficient (Wildman–Crippen LogP) is 1.88. The Labute approximate surface area is 99.2 Å². The standard InChI is InChI=1S/C10H14ClN3O2/c1-7(16-2)3-4-8(15)14-10-9(11)12-5-6-13-10/h5-7H,3-4H2,1-2H3,(H,13,14,15). The van der Waals surface area contributed by atoms with Gasteiger partial charge in [-0.25, -0.2) is 9.97 Å². The summed E-state index contributed by atoms with van der Waals surface area (Å²) in [4.78, 5) is 19.2. The first-order valence-corrected chi connectivity index (χ1v) is 5.30. The average Bonchev–Trinajstić information content (AvgIpc) is 2.29. The Morgan fingerprint density at radius 2 is 2.25 bits per heavy atom. The predicted molar refractivity (Wildman–Crippen MR) is 61.4 cm³/mol. The van der Waals surface area contributed by atoms with Crippen molar-refractivity contribution in [2.45, 2.75) is 25.9 Å². The van der Waals surface area contributed by atoms with Crippen molar-refractivity contribution in [2.24, 2.45) is 0 Å². The molecule has 88 valence electrons. The number of halogens is 1. The van der Waals surface area contributed by atoms with Crippen LogP contribution in [0.5, 0.6) is 0 Å². The van der Waals surface area contributed by atoms with Gasteiger partial charge in [-0.15, -0.1) is 0 Å². The van der Waals surface area contributed by atoms with Crippen molar-refractivity contribution >= 4 is 23.3 Å². The van der Waals surface area contributed by atoms with Crippen LogP contribution in [0.25, 0.3) is 0 Å². The fourth-order valence-electron chi connectivity index (χ4n) is 1.05. The van der Waals surface area contributed by atoms with E-state index >= 15 is 0 Å². The molecule has 1 rings (SSSR count). The molecule has 0 bridgehead atoms. The lowest BCUT2D eigenvalue weighted by atomic mass is 10.2. The van der Waals surface area contributed by atoms with Crippen molar-refractivity contribution in [1.29, 1.82) is 0 Å². The number of hydrogen-bond donors (Lipinski definition) is 1. The molecule has 0 aliphatic carbocycles. The number of carbonyl (C=O) groups excluding carboxylic acids is 1. The van der Waals surface area contributed by atoms with Crippen molar-refractivity contribution in [3.05, 3.63) is 17.5 Å². The third kappa shape index (κ3) is 4.12. The Morgan fingerprint density at radius 1 is 1.56 bits per heavy atom. The zero-order valence-electron chi connectivity index (χ0n) is 9.24. The molecule has 0 fully saturated rings. The zero-order valence-corrected chi connectivity index (χ0v) is 9.99. The molecule has 0 aliphatic rings. The van der Waals surface area contributed by atoms with Crippen LogP contribution in [0, 0.1) is 0 Å². The average molecular weight is 244 g/mol. The zero-order chi connectivity index (χ0) is 12.0. The molecule has 1 heterocycles. The van der Waals surface area contributed by atoms with Crippen LogP contribution in [-0.4, -0.2) is 29.1 Å². The lowest BCUT2D eigenvalue weighted by Gasteiger charge is -2.09. The molecule has 0 aromatic carbocycles. The van der Waals surface area contributed by atoms with E-state index in [4.69, 9.17) is 16.3 Å². The molecule has 16 heavy (non-hydrogen) atoms. The second-order valence-corrected chi connectivity index (χ2v) is 3.69. The largest absolute Gasteiger partial charge is 0.382 e. The molecule has 6 heteroatoms. The van der Waals surface area contributed by atoms with Gasteiger partial charge in [0.15, 0.2) is 11.0 Å². The van der Waals surface area contributed by atoms with E-state index < -0.39 is 0 Å². The third-order valence-corrected chi connectivity index (χ3v) is 2.37. The van der Waals surface area contributed by atoms with Gasteiger partial charge in [-0.1, -0.05) is 11.6 Å². The van der Waals surface area contributed by atoms with Gasteiger partial charge in [-0.05, 0) is 13.3 Å². The van der Waals surface area contributed by atoms with Crippen molar-refractivity contribution in [3.8, 4) is 0 Å². The number of nitrogens with one attached hydrogen (secondary N) is 1. The molecule has 1 atom stereocenters. The number of nitrogens with zero attached hydrogens (tertiary/aromatic N) is 2. The Bertz CT molecular complexity index is 360. The second kappa shape index (κ2) is 6.40. The van der Waals surface area contributed by atoms with Gasteiger partial charge >= 0.3 is 0 Å². The highest BCUT2D eigenvalue weighted by molar-refractivity contribution is 6.32. The summed E-state index contributed by atoms with van der Waals surface area (Å²) < 4.78 is 5.04. The summed E-state index contributed by atoms with van der Waals surface area (Å²) in [5.74, 6) is 0.144. The van der Waals surface area contributed by atoms with E-state index in [1.54, 1.807) is 7.11 Å². The maximum atomic E-state index is 11.5. The van der Waals surface area contributed by atoms with Crippen LogP contribution in [0.3, 0.4) is 0 Å². The molecule has 0 spiro atoms. The van der Waals surface area contributed by atoms with Gasteiger partial charge in [0.05, 0.1) is 6.10 Å². The summed E-state index contributed by atoms with van der Waals surface area (Å²) in [6.07, 6.45) is 4.01. The third-order valence-electron chi connectivity index (χ3n) is 2.09. The van der Waals surface area contributed by atoms with Gasteiger partial charge in [0, 0.05) is 25.9 Å². The lowest BCUT2D eigenvalue weighted by Crippen LogP contribution is -2.16. The minimum atomic E-state index is -0.147. The molecule has 1 aromatic heterocycles. The van der Waals surface area contributed by atoms with Gasteiger partial charge in [-0.2, -0.15) is 0 Å². The maximum absolute atomic E-state index is 11.5. The van der Waals surface area contributed by atoms with Crippen LogP contribution in [0.4, 0.5) is 5.82 Å². The molecular weight excluding hydrogens is 230 g/mol. The van der Waals surface area contributed by atoms with Gasteiger partial charge in [-0.3, -0.25) is 4.79 Å². The Kier molecular flexibility index (Phi) is 5.14. The van der Waals surface area contributed by atoms with E-state index in [1.807, 2.05) is 6.92 Å². The quantitative estimate of drug-likeness (QED) is 0.858. The van der Waals surface area contributed by atoms with Gasteiger partial charge in [0.2, 0.25) is 5.91 Å². The molecule has 1 aromatic rings. The smallest absolute Gasteiger partial charge is 0.225 e. The molecule has 0 aliphatic heterocycles. The fraction of sp³-hybridized carbons (Fsp3) is 0.500. The Morgan fingerprint density at radius 3 is 2.88 bits per heavy atom. The van der Waals surface area contributed by atoms with Gasteiger partial charge in [0.1, 0.15) is 0 Å². The van der Waals surface area contributed by atoms with Crippen molar-refractivity contribution in [2.75, 3.05) is 12.4 Å². The number of methoxy groups -OCH3 is 1. The number of aromatic nitrogens is 2. The second-order valence-electron chi connectivity index (χ2n) is 3.33. The lowest BCUT2D eigenvalue weighted by molar-refractivity contribution is -0.116. The van der Waals surface area contributed by atoms with Crippen molar-refractivity contribution in [3.63, 3.8) is 0 Å². The number of anilines is 1. The fourth-order valence-corrected chi connectivity index (χ4v) is 1.20. The van der Waals surface area contributed by atoms with Crippen LogP contribution in [0.1, 0.15) is 19.8 Å². The first-order valence-electron chi connectivity index (χ1n) is 4.92. The Balaban J connectivity index is 2.43. The number of ether oxygens (including phenoxy) is 1. The van der Waals surface area contributed by atoms with Crippen molar-refractivity contribution in [1.82, 2.24) is 9.97 Å². The SMILES string of the molecule is COC(C)CCC(=O)Nc1nccnc1Cl. The number of amides is 1. The summed E-state index contributed by atoms with van der Waals surface area (Å²) in [6, 6.07) is 0. The summed E-state index contributed by atoms with van der Waals surface area (Å²) >= 11 is 5.75. The Hall–Kier alpha value is -1.20. The van der Waals surface area contributed by atoms with Crippen LogP contribution >= 0.6 is 11.6 Å². The molecule has 0 saturated heterocycles. The van der Waals surface area contributed by atoms with Crippen LogP contribution < -0.4 is 5.32 Å². The maximum Gasteiger partial charge on any atom is 0.225 e. The van der Waals surface area contributed by atoms with E-state index in [0.717, 1.165) is 0 Å². The van der Waals surface area contributed by atoms with Crippen LogP contribution in [0.15, 0.2) is 12.4 Å². The van der Waals surface area contributed by atoms with E-state index in [-0.39, 0.29) is 17.2 Å². The highest BCUT2D eigenvalue weighted by Gasteiger charge is 2.09. The summed E-state index contributed by atoms with van der Waals surface area (Å²) in [5, 5.41) is 2.78. The van der Waals surface area contributed by atoms with Crippen LogP contribution in [0.2, 0.25) is 5.15 Å². The molecule has 1 N–H and O–H groups in total. The van der Waals surface area contributed by atoms with E-state index in [0.29, 0.717) is 18.7 Å². The van der Waals surface area contributed by atoms with E-state index in [9.17, 15) is 4.79 Å². The highest BCUT2D eigenvalue weighted by atomic mass is 35.5. The number of carbonyl (C=O) groups is 1. The topological polar surface area (TPSA) is 64.1 Å². The molecule has 5 nitrogen and oxygen atoms in total.